The lowest BCUT2D eigenvalue weighted by atomic mass is 10.0. The molecule has 3 aromatic heterocycles. The molecule has 1 aliphatic heterocycles. The predicted octanol–water partition coefficient (Wildman–Crippen LogP) is 3.99. The molecule has 8 heteroatoms. The normalized spacial score (nSPS) is 16.2. The van der Waals surface area contributed by atoms with Gasteiger partial charge in [-0.1, -0.05) is 6.07 Å². The van der Waals surface area contributed by atoms with E-state index in [2.05, 4.69) is 15.3 Å². The number of carbonyl (C=O) groups is 1. The van der Waals surface area contributed by atoms with E-state index in [9.17, 15) is 4.79 Å². The van der Waals surface area contributed by atoms with Crippen molar-refractivity contribution < 1.29 is 4.79 Å². The summed E-state index contributed by atoms with van der Waals surface area (Å²) in [4.78, 5) is 27.6. The average molecular weight is 409 g/mol. The summed E-state index contributed by atoms with van der Waals surface area (Å²) >= 11 is 1.67. The highest BCUT2D eigenvalue weighted by atomic mass is 32.1. The molecule has 4 heterocycles. The van der Waals surface area contributed by atoms with E-state index in [0.29, 0.717) is 5.92 Å². The van der Waals surface area contributed by atoms with E-state index >= 15 is 0 Å². The third kappa shape index (κ3) is 4.89. The minimum atomic E-state index is -0.315. The van der Waals surface area contributed by atoms with Gasteiger partial charge in [-0.3, -0.25) is 0 Å². The van der Waals surface area contributed by atoms with Crippen LogP contribution in [0.1, 0.15) is 23.4 Å². The summed E-state index contributed by atoms with van der Waals surface area (Å²) in [5.41, 5.74) is 7.40. The van der Waals surface area contributed by atoms with E-state index in [1.54, 1.807) is 22.4 Å². The molecule has 2 amide bonds. The number of nitrogens with one attached hydrogen (secondary N) is 1. The lowest BCUT2D eigenvalue weighted by molar-refractivity contribution is 0.216. The van der Waals surface area contributed by atoms with Crippen molar-refractivity contribution in [3.63, 3.8) is 0 Å². The Morgan fingerprint density at radius 1 is 1.31 bits per heavy atom. The molecule has 7 nitrogen and oxygen atoms in total. The summed E-state index contributed by atoms with van der Waals surface area (Å²) in [6, 6.07) is 9.54. The number of hydrogen-bond acceptors (Lipinski definition) is 6. The third-order valence-corrected chi connectivity index (χ3v) is 6.17. The first-order chi connectivity index (χ1) is 14.1. The van der Waals surface area contributed by atoms with Gasteiger partial charge in [0.2, 0.25) is 0 Å². The maximum atomic E-state index is 11.3. The SMILES string of the molecule is Cc1ccnc(Nc2cccc(-c3cnc(CC[C@@H]4CCN(C(N)=O)C4)s3)n2)c1. The summed E-state index contributed by atoms with van der Waals surface area (Å²) in [5, 5.41) is 4.35. The Labute approximate surface area is 174 Å². The molecule has 1 atom stereocenters. The molecule has 0 spiro atoms. The number of nitrogens with two attached hydrogens (primary N) is 1. The van der Waals surface area contributed by atoms with Gasteiger partial charge in [-0.25, -0.2) is 19.7 Å². The van der Waals surface area contributed by atoms with Crippen LogP contribution in [-0.4, -0.2) is 39.0 Å². The number of urea groups is 1. The molecule has 0 aromatic carbocycles. The number of thiazole rings is 1. The van der Waals surface area contributed by atoms with Crippen molar-refractivity contribution in [2.24, 2.45) is 11.7 Å². The average Bonchev–Trinajstić information content (AvgIpc) is 3.36. The molecule has 0 radical (unpaired) electrons. The number of aryl methyl sites for hydroxylation is 2. The molecule has 0 unspecified atom stereocenters. The Kier molecular flexibility index (Phi) is 5.71. The van der Waals surface area contributed by atoms with E-state index < -0.39 is 0 Å². The minimum Gasteiger partial charge on any atom is -0.351 e. The number of amides is 2. The van der Waals surface area contributed by atoms with Gasteiger partial charge in [0.25, 0.3) is 0 Å². The molecule has 0 bridgehead atoms. The van der Waals surface area contributed by atoms with Gasteiger partial charge < -0.3 is 16.0 Å². The van der Waals surface area contributed by atoms with E-state index in [0.717, 1.165) is 65.1 Å². The van der Waals surface area contributed by atoms with Gasteiger partial charge in [0, 0.05) is 25.5 Å². The number of rotatable bonds is 6. The molecular formula is C21H24N6OS. The number of hydrogen-bond donors (Lipinski definition) is 2. The van der Waals surface area contributed by atoms with E-state index in [4.69, 9.17) is 10.7 Å². The quantitative estimate of drug-likeness (QED) is 0.643. The highest BCUT2D eigenvalue weighted by Gasteiger charge is 2.24. The summed E-state index contributed by atoms with van der Waals surface area (Å²) < 4.78 is 0. The van der Waals surface area contributed by atoms with Gasteiger partial charge in [0.15, 0.2) is 0 Å². The molecule has 1 aliphatic rings. The van der Waals surface area contributed by atoms with Crippen LogP contribution in [0.25, 0.3) is 10.6 Å². The van der Waals surface area contributed by atoms with Crippen LogP contribution in [0.2, 0.25) is 0 Å². The van der Waals surface area contributed by atoms with Gasteiger partial charge >= 0.3 is 6.03 Å². The maximum absolute atomic E-state index is 11.3. The Bertz CT molecular complexity index is 1000. The summed E-state index contributed by atoms with van der Waals surface area (Å²) in [7, 11) is 0. The topological polar surface area (TPSA) is 97.0 Å². The smallest absolute Gasteiger partial charge is 0.314 e. The first kappa shape index (κ1) is 19.3. The standard InChI is InChI=1S/C21H24N6OS/c1-14-7-9-23-19(11-14)26-18-4-2-3-16(25-18)17-12-24-20(29-17)6-5-15-8-10-27(13-15)21(22)28/h2-4,7,9,11-12,15H,5-6,8,10,13H2,1H3,(H2,22,28)(H,23,25,26)/t15-/m1/s1. The molecule has 150 valence electrons. The van der Waals surface area contributed by atoms with Crippen molar-refractivity contribution in [1.82, 2.24) is 19.9 Å². The zero-order valence-electron chi connectivity index (χ0n) is 16.3. The molecule has 0 aliphatic carbocycles. The van der Waals surface area contributed by atoms with Gasteiger partial charge in [0.05, 0.1) is 15.6 Å². The lowest BCUT2D eigenvalue weighted by Crippen LogP contribution is -2.33. The molecule has 3 aromatic rings. The van der Waals surface area contributed by atoms with Crippen LogP contribution in [0, 0.1) is 12.8 Å². The third-order valence-electron chi connectivity index (χ3n) is 5.09. The first-order valence-electron chi connectivity index (χ1n) is 9.73. The number of aromatic nitrogens is 3. The second-order valence-corrected chi connectivity index (χ2v) is 8.46. The second kappa shape index (κ2) is 8.57. The Balaban J connectivity index is 1.38. The Morgan fingerprint density at radius 2 is 2.21 bits per heavy atom. The molecular weight excluding hydrogens is 384 g/mol. The summed E-state index contributed by atoms with van der Waals surface area (Å²) in [6.45, 7) is 3.56. The molecule has 1 fully saturated rings. The van der Waals surface area contributed by atoms with Crippen LogP contribution in [-0.2, 0) is 6.42 Å². The monoisotopic (exact) mass is 408 g/mol. The zero-order valence-corrected chi connectivity index (χ0v) is 17.2. The highest BCUT2D eigenvalue weighted by molar-refractivity contribution is 7.15. The van der Waals surface area contributed by atoms with Gasteiger partial charge in [-0.2, -0.15) is 0 Å². The number of primary amides is 1. The van der Waals surface area contributed by atoms with Crippen molar-refractivity contribution in [1.29, 1.82) is 0 Å². The van der Waals surface area contributed by atoms with Gasteiger partial charge in [-0.15, -0.1) is 11.3 Å². The fraction of sp³-hybridized carbons (Fsp3) is 0.333. The Morgan fingerprint density at radius 3 is 3.00 bits per heavy atom. The Hall–Kier alpha value is -3.00. The lowest BCUT2D eigenvalue weighted by Gasteiger charge is -2.12. The molecule has 0 saturated carbocycles. The van der Waals surface area contributed by atoms with Crippen LogP contribution in [0.4, 0.5) is 16.4 Å². The number of anilines is 2. The second-order valence-electron chi connectivity index (χ2n) is 7.35. The van der Waals surface area contributed by atoms with Crippen LogP contribution in [0.15, 0.2) is 42.7 Å². The van der Waals surface area contributed by atoms with Crippen LogP contribution in [0.3, 0.4) is 0 Å². The molecule has 3 N–H and O–H groups in total. The van der Waals surface area contributed by atoms with Crippen molar-refractivity contribution in [2.45, 2.75) is 26.2 Å². The number of likely N-dealkylation sites (tertiary alicyclic amines) is 1. The predicted molar refractivity (Wildman–Crippen MR) is 115 cm³/mol. The highest BCUT2D eigenvalue weighted by Crippen LogP contribution is 2.28. The zero-order chi connectivity index (χ0) is 20.2. The molecule has 1 saturated heterocycles. The van der Waals surface area contributed by atoms with Crippen LogP contribution in [0.5, 0.6) is 0 Å². The fourth-order valence-electron chi connectivity index (χ4n) is 3.52. The number of carbonyl (C=O) groups excluding carboxylic acids is 1. The van der Waals surface area contributed by atoms with Crippen molar-refractivity contribution in [3.05, 3.63) is 53.3 Å². The fourth-order valence-corrected chi connectivity index (χ4v) is 4.42. The van der Waals surface area contributed by atoms with E-state index in [-0.39, 0.29) is 6.03 Å². The van der Waals surface area contributed by atoms with Crippen molar-refractivity contribution >= 4 is 29.0 Å². The van der Waals surface area contributed by atoms with Crippen LogP contribution < -0.4 is 11.1 Å². The number of pyridine rings is 2. The van der Waals surface area contributed by atoms with Crippen LogP contribution >= 0.6 is 11.3 Å². The molecule has 29 heavy (non-hydrogen) atoms. The minimum absolute atomic E-state index is 0.315. The van der Waals surface area contributed by atoms with E-state index in [1.165, 1.54) is 0 Å². The van der Waals surface area contributed by atoms with E-state index in [1.807, 2.05) is 43.5 Å². The maximum Gasteiger partial charge on any atom is 0.314 e. The summed E-state index contributed by atoms with van der Waals surface area (Å²) in [5.74, 6) is 2.04. The summed E-state index contributed by atoms with van der Waals surface area (Å²) in [6.07, 6.45) is 6.62. The van der Waals surface area contributed by atoms with Gasteiger partial charge in [-0.05, 0) is 61.9 Å². The van der Waals surface area contributed by atoms with Crippen molar-refractivity contribution in [2.75, 3.05) is 18.4 Å². The van der Waals surface area contributed by atoms with Gasteiger partial charge in [0.1, 0.15) is 11.6 Å². The largest absolute Gasteiger partial charge is 0.351 e. The molecule has 4 rings (SSSR count). The first-order valence-corrected chi connectivity index (χ1v) is 10.5. The van der Waals surface area contributed by atoms with Crippen molar-refractivity contribution in [3.8, 4) is 10.6 Å². The number of nitrogens with zero attached hydrogens (tertiary/aromatic N) is 4.